The number of phenols is 1. The summed E-state index contributed by atoms with van der Waals surface area (Å²) in [4.78, 5) is 29.0. The molecule has 0 spiro atoms. The Kier molecular flexibility index (Phi) is 7.48. The molecule has 2 rings (SSSR count). The van der Waals surface area contributed by atoms with Crippen molar-refractivity contribution in [3.05, 3.63) is 57.9 Å². The Morgan fingerprint density at radius 2 is 1.87 bits per heavy atom. The summed E-state index contributed by atoms with van der Waals surface area (Å²) in [6.45, 7) is 6.80. The number of benzene rings is 1. The highest BCUT2D eigenvalue weighted by molar-refractivity contribution is 6.31. The molecule has 1 heterocycles. The fourth-order valence-electron chi connectivity index (χ4n) is 2.96. The number of nitrogens with one attached hydrogen (secondary N) is 1. The van der Waals surface area contributed by atoms with Crippen LogP contribution in [0, 0.1) is 12.3 Å². The average molecular weight is 443 g/mol. The van der Waals surface area contributed by atoms with E-state index in [-0.39, 0.29) is 36.7 Å². The van der Waals surface area contributed by atoms with Gasteiger partial charge in [-0.2, -0.15) is 0 Å². The first-order chi connectivity index (χ1) is 14.4. The monoisotopic (exact) mass is 442 g/mol. The Hall–Kier alpha value is -2.88. The normalized spacial score (nSPS) is 11.6. The number of aromatic nitrogens is 1. The summed E-state index contributed by atoms with van der Waals surface area (Å²) in [5.41, 5.74) is 0.306. The molecule has 0 saturated heterocycles. The molecule has 0 bridgehead atoms. The first-order valence-electron chi connectivity index (χ1n) is 9.78. The summed E-state index contributed by atoms with van der Waals surface area (Å²) in [6.07, 6.45) is 6.94. The van der Waals surface area contributed by atoms with Crippen molar-refractivity contribution in [2.45, 2.75) is 51.5 Å². The summed E-state index contributed by atoms with van der Waals surface area (Å²) in [5.74, 6) is 1.89. The maximum atomic E-state index is 12.6. The van der Waals surface area contributed by atoms with Gasteiger partial charge in [-0.15, -0.1) is 6.42 Å². The Balaban J connectivity index is 2.14. The molecular formula is C24H27ClN2O4. The number of nitrogens with zero attached hydrogens (tertiary/aromatic N) is 1. The van der Waals surface area contributed by atoms with Gasteiger partial charge in [0.25, 0.3) is 5.91 Å². The molecule has 0 atom stereocenters. The molecule has 6 nitrogen and oxygen atoms in total. The third-order valence-corrected chi connectivity index (χ3v) is 5.27. The SMILES string of the molecule is C#CC(C)(C)NC(=O)c1cc(CC(=O)Cc2cc(O)c(C(C)(C)CO)cc2Cl)ccn1. The first-order valence-corrected chi connectivity index (χ1v) is 10.2. The summed E-state index contributed by atoms with van der Waals surface area (Å²) in [5, 5.41) is 22.9. The lowest BCUT2D eigenvalue weighted by Crippen LogP contribution is -2.42. The number of phenolic OH excluding ortho intramolecular Hbond substituents is 1. The van der Waals surface area contributed by atoms with Crippen LogP contribution in [0.15, 0.2) is 30.5 Å². The second-order valence-corrected chi connectivity index (χ2v) is 9.07. The molecule has 0 aliphatic rings. The molecule has 0 radical (unpaired) electrons. The van der Waals surface area contributed by atoms with Crippen LogP contribution in [0.3, 0.4) is 0 Å². The predicted molar refractivity (Wildman–Crippen MR) is 120 cm³/mol. The summed E-state index contributed by atoms with van der Waals surface area (Å²) in [7, 11) is 0. The number of pyridine rings is 1. The van der Waals surface area contributed by atoms with Crippen molar-refractivity contribution in [3.8, 4) is 18.1 Å². The van der Waals surface area contributed by atoms with Crippen molar-refractivity contribution in [1.82, 2.24) is 10.3 Å². The average Bonchev–Trinajstić information content (AvgIpc) is 2.70. The van der Waals surface area contributed by atoms with E-state index in [1.807, 2.05) is 0 Å². The summed E-state index contributed by atoms with van der Waals surface area (Å²) in [6, 6.07) is 6.25. The lowest BCUT2D eigenvalue weighted by Gasteiger charge is -2.24. The van der Waals surface area contributed by atoms with Crippen LogP contribution < -0.4 is 5.32 Å². The first kappa shape index (κ1) is 24.4. The highest BCUT2D eigenvalue weighted by Gasteiger charge is 2.25. The van der Waals surface area contributed by atoms with Crippen molar-refractivity contribution in [2.24, 2.45) is 0 Å². The minimum Gasteiger partial charge on any atom is -0.508 e. The number of terminal acetylenes is 1. The Morgan fingerprint density at radius 3 is 2.48 bits per heavy atom. The number of aromatic hydroxyl groups is 1. The van der Waals surface area contributed by atoms with Gasteiger partial charge in [-0.1, -0.05) is 31.4 Å². The van der Waals surface area contributed by atoms with E-state index in [0.29, 0.717) is 21.7 Å². The third-order valence-electron chi connectivity index (χ3n) is 4.92. The summed E-state index contributed by atoms with van der Waals surface area (Å²) >= 11 is 6.33. The van der Waals surface area contributed by atoms with E-state index in [9.17, 15) is 19.8 Å². The molecule has 0 aliphatic carbocycles. The van der Waals surface area contributed by atoms with Crippen molar-refractivity contribution in [3.63, 3.8) is 0 Å². The maximum absolute atomic E-state index is 12.6. The van der Waals surface area contributed by atoms with Gasteiger partial charge in [-0.3, -0.25) is 14.6 Å². The van der Waals surface area contributed by atoms with Gasteiger partial charge in [0, 0.05) is 35.0 Å². The Labute approximate surface area is 187 Å². The zero-order valence-corrected chi connectivity index (χ0v) is 18.9. The fraction of sp³-hybridized carbons (Fsp3) is 0.375. The molecule has 0 aliphatic heterocycles. The van der Waals surface area contributed by atoms with Gasteiger partial charge < -0.3 is 15.5 Å². The minimum atomic E-state index is -0.819. The number of aliphatic hydroxyl groups excluding tert-OH is 1. The molecule has 0 fully saturated rings. The van der Waals surface area contributed by atoms with Gasteiger partial charge in [-0.05, 0) is 49.2 Å². The van der Waals surface area contributed by atoms with Crippen LogP contribution >= 0.6 is 11.6 Å². The standard InChI is InChI=1S/C24H27ClN2O4/c1-6-24(4,5)27-22(31)20-10-15(7-8-26-20)9-17(29)11-16-12-21(30)18(13-19(16)25)23(2,3)14-28/h1,7-8,10,12-13,28,30H,9,11,14H2,2-5H3,(H,27,31). The molecule has 1 aromatic heterocycles. The lowest BCUT2D eigenvalue weighted by molar-refractivity contribution is -0.117. The number of hydrogen-bond donors (Lipinski definition) is 3. The van der Waals surface area contributed by atoms with Crippen LogP contribution in [-0.4, -0.2) is 39.0 Å². The Morgan fingerprint density at radius 1 is 1.19 bits per heavy atom. The maximum Gasteiger partial charge on any atom is 0.271 e. The van der Waals surface area contributed by atoms with E-state index >= 15 is 0 Å². The second-order valence-electron chi connectivity index (χ2n) is 8.67. The third kappa shape index (κ3) is 6.30. The number of rotatable bonds is 8. The molecule has 2 aromatic rings. The van der Waals surface area contributed by atoms with Gasteiger partial charge in [0.2, 0.25) is 0 Å². The van der Waals surface area contributed by atoms with Crippen molar-refractivity contribution < 1.29 is 19.8 Å². The van der Waals surface area contributed by atoms with E-state index in [1.165, 1.54) is 12.3 Å². The molecule has 0 unspecified atom stereocenters. The number of hydrogen-bond acceptors (Lipinski definition) is 5. The predicted octanol–water partition coefficient (Wildman–Crippen LogP) is 3.21. The zero-order chi connectivity index (χ0) is 23.4. The van der Waals surface area contributed by atoms with Crippen LogP contribution in [-0.2, 0) is 23.1 Å². The molecular weight excluding hydrogens is 416 g/mol. The van der Waals surface area contributed by atoms with Crippen molar-refractivity contribution in [2.75, 3.05) is 6.61 Å². The smallest absolute Gasteiger partial charge is 0.271 e. The molecule has 3 N–H and O–H groups in total. The van der Waals surface area contributed by atoms with E-state index in [1.54, 1.807) is 45.9 Å². The topological polar surface area (TPSA) is 99.5 Å². The van der Waals surface area contributed by atoms with Gasteiger partial charge in [0.1, 0.15) is 17.2 Å². The number of amides is 1. The lowest BCUT2D eigenvalue weighted by atomic mass is 9.84. The highest BCUT2D eigenvalue weighted by Crippen LogP contribution is 2.35. The number of carbonyl (C=O) groups excluding carboxylic acids is 2. The number of ketones is 1. The van der Waals surface area contributed by atoms with Gasteiger partial charge in [-0.25, -0.2) is 0 Å². The number of carbonyl (C=O) groups is 2. The van der Waals surface area contributed by atoms with Crippen molar-refractivity contribution in [1.29, 1.82) is 0 Å². The zero-order valence-electron chi connectivity index (χ0n) is 18.1. The fourth-order valence-corrected chi connectivity index (χ4v) is 3.19. The molecule has 164 valence electrons. The molecule has 0 saturated carbocycles. The van der Waals surface area contributed by atoms with Crippen LogP contribution in [0.4, 0.5) is 0 Å². The number of halogens is 1. The molecule has 31 heavy (non-hydrogen) atoms. The van der Waals surface area contributed by atoms with Crippen LogP contribution in [0.2, 0.25) is 5.02 Å². The Bertz CT molecular complexity index is 1040. The second kappa shape index (κ2) is 9.51. The molecule has 7 heteroatoms. The summed E-state index contributed by atoms with van der Waals surface area (Å²) < 4.78 is 0. The van der Waals surface area contributed by atoms with E-state index in [4.69, 9.17) is 18.0 Å². The van der Waals surface area contributed by atoms with Crippen molar-refractivity contribution >= 4 is 23.3 Å². The largest absolute Gasteiger partial charge is 0.508 e. The number of aliphatic hydroxyl groups is 1. The van der Waals surface area contributed by atoms with Gasteiger partial charge >= 0.3 is 0 Å². The van der Waals surface area contributed by atoms with E-state index in [2.05, 4.69) is 16.2 Å². The van der Waals surface area contributed by atoms with Gasteiger partial charge in [0.15, 0.2) is 0 Å². The van der Waals surface area contributed by atoms with Crippen LogP contribution in [0.1, 0.15) is 54.9 Å². The molecule has 1 amide bonds. The highest BCUT2D eigenvalue weighted by atomic mass is 35.5. The van der Waals surface area contributed by atoms with Crippen LogP contribution in [0.25, 0.3) is 0 Å². The van der Waals surface area contributed by atoms with E-state index < -0.39 is 16.9 Å². The minimum absolute atomic E-state index is 0.0141. The van der Waals surface area contributed by atoms with E-state index in [0.717, 1.165) is 0 Å². The van der Waals surface area contributed by atoms with Crippen LogP contribution in [0.5, 0.6) is 5.75 Å². The van der Waals surface area contributed by atoms with Gasteiger partial charge in [0.05, 0.1) is 12.1 Å². The quantitative estimate of drug-likeness (QED) is 0.545. The molecule has 1 aromatic carbocycles. The number of Topliss-reactive ketones (excluding diaryl/α,β-unsaturated/α-hetero) is 1.